The van der Waals surface area contributed by atoms with Crippen LogP contribution < -0.4 is 0 Å². The molecule has 2 aromatic rings. The number of fused-ring (bicyclic) bond motifs is 1. The van der Waals surface area contributed by atoms with Crippen molar-refractivity contribution in [2.24, 2.45) is 0 Å². The van der Waals surface area contributed by atoms with Crippen molar-refractivity contribution >= 4 is 5.97 Å². The van der Waals surface area contributed by atoms with Gasteiger partial charge in [-0.15, -0.1) is 0 Å². The Morgan fingerprint density at radius 3 is 2.85 bits per heavy atom. The van der Waals surface area contributed by atoms with Crippen LogP contribution in [0.4, 0.5) is 0 Å². The zero-order valence-corrected chi connectivity index (χ0v) is 11.1. The van der Waals surface area contributed by atoms with Crippen LogP contribution in [0.3, 0.4) is 0 Å². The maximum absolute atomic E-state index is 11.5. The van der Waals surface area contributed by atoms with Crippen LogP contribution in [-0.2, 0) is 17.9 Å². The monoisotopic (exact) mass is 271 g/mol. The molecule has 0 saturated heterocycles. The molecule has 1 aromatic heterocycles. The smallest absolute Gasteiger partial charge is 0.312 e. The predicted octanol–water partition coefficient (Wildman–Crippen LogP) is 1.57. The van der Waals surface area contributed by atoms with Crippen LogP contribution in [0.1, 0.15) is 17.3 Å². The Hall–Kier alpha value is -2.14. The van der Waals surface area contributed by atoms with E-state index in [0.717, 1.165) is 24.5 Å². The van der Waals surface area contributed by atoms with Gasteiger partial charge in [0.1, 0.15) is 5.82 Å². The van der Waals surface area contributed by atoms with Crippen molar-refractivity contribution in [3.05, 3.63) is 54.1 Å². The second-order valence-electron chi connectivity index (χ2n) is 5.07. The van der Waals surface area contributed by atoms with E-state index < -0.39 is 11.9 Å². The molecular formula is C15H17N3O2. The Labute approximate surface area is 117 Å². The lowest BCUT2D eigenvalue weighted by Gasteiger charge is -2.29. The van der Waals surface area contributed by atoms with Crippen molar-refractivity contribution in [1.82, 2.24) is 14.5 Å². The number of carbonyl (C=O) groups is 1. The number of imidazole rings is 1. The van der Waals surface area contributed by atoms with Gasteiger partial charge in [-0.2, -0.15) is 0 Å². The Balaban J connectivity index is 1.74. The third-order valence-electron chi connectivity index (χ3n) is 3.76. The Morgan fingerprint density at radius 1 is 1.30 bits per heavy atom. The molecule has 0 bridgehead atoms. The van der Waals surface area contributed by atoms with Gasteiger partial charge in [0.05, 0.1) is 12.5 Å². The van der Waals surface area contributed by atoms with Crippen LogP contribution in [0, 0.1) is 0 Å². The average Bonchev–Trinajstić information content (AvgIpc) is 2.93. The van der Waals surface area contributed by atoms with E-state index >= 15 is 0 Å². The lowest BCUT2D eigenvalue weighted by atomic mass is 9.98. The third-order valence-corrected chi connectivity index (χ3v) is 3.76. The van der Waals surface area contributed by atoms with Crippen LogP contribution in [0.25, 0.3) is 0 Å². The molecule has 2 heterocycles. The summed E-state index contributed by atoms with van der Waals surface area (Å²) in [5.41, 5.74) is 0.855. The summed E-state index contributed by atoms with van der Waals surface area (Å²) >= 11 is 0. The molecule has 0 radical (unpaired) electrons. The number of aromatic nitrogens is 2. The van der Waals surface area contributed by atoms with E-state index in [1.165, 1.54) is 0 Å². The molecule has 5 nitrogen and oxygen atoms in total. The summed E-state index contributed by atoms with van der Waals surface area (Å²) in [6, 6.07) is 9.43. The number of carboxylic acid groups (broad SMARTS) is 1. The van der Waals surface area contributed by atoms with Crippen LogP contribution >= 0.6 is 0 Å². The van der Waals surface area contributed by atoms with Crippen molar-refractivity contribution in [2.75, 3.05) is 13.1 Å². The van der Waals surface area contributed by atoms with Gasteiger partial charge in [-0.1, -0.05) is 30.3 Å². The molecule has 0 spiro atoms. The highest BCUT2D eigenvalue weighted by atomic mass is 16.4. The Kier molecular flexibility index (Phi) is 3.52. The number of hydrogen-bond donors (Lipinski definition) is 1. The van der Waals surface area contributed by atoms with Gasteiger partial charge in [0.15, 0.2) is 0 Å². The van der Waals surface area contributed by atoms with E-state index in [1.54, 1.807) is 6.20 Å². The first-order chi connectivity index (χ1) is 9.74. The van der Waals surface area contributed by atoms with Gasteiger partial charge < -0.3 is 9.67 Å². The topological polar surface area (TPSA) is 58.4 Å². The highest BCUT2D eigenvalue weighted by Crippen LogP contribution is 2.20. The summed E-state index contributed by atoms with van der Waals surface area (Å²) in [7, 11) is 0. The number of benzene rings is 1. The van der Waals surface area contributed by atoms with Crippen LogP contribution in [0.5, 0.6) is 0 Å². The zero-order chi connectivity index (χ0) is 13.9. The molecule has 104 valence electrons. The summed E-state index contributed by atoms with van der Waals surface area (Å²) in [6.45, 7) is 2.96. The van der Waals surface area contributed by atoms with Crippen molar-refractivity contribution in [2.45, 2.75) is 19.0 Å². The quantitative estimate of drug-likeness (QED) is 0.917. The fraction of sp³-hybridized carbons (Fsp3) is 0.333. The van der Waals surface area contributed by atoms with Gasteiger partial charge in [-0.25, -0.2) is 4.98 Å². The molecule has 1 N–H and O–H groups in total. The first kappa shape index (κ1) is 12.9. The minimum atomic E-state index is -0.773. The summed E-state index contributed by atoms with van der Waals surface area (Å²) in [6.07, 6.45) is 3.77. The van der Waals surface area contributed by atoms with Crippen molar-refractivity contribution in [1.29, 1.82) is 0 Å². The number of rotatable bonds is 4. The molecule has 3 rings (SSSR count). The van der Waals surface area contributed by atoms with Gasteiger partial charge in [0.2, 0.25) is 0 Å². The minimum absolute atomic E-state index is 0.488. The Morgan fingerprint density at radius 2 is 2.10 bits per heavy atom. The lowest BCUT2D eigenvalue weighted by Crippen LogP contribution is -2.38. The standard InChI is InChI=1S/C15H17N3O2/c19-15(20)13(12-4-2-1-3-5-12)10-17-8-9-18-7-6-16-14(18)11-17/h1-7,13H,8-11H2,(H,19,20). The van der Waals surface area contributed by atoms with Crippen LogP contribution in [0.2, 0.25) is 0 Å². The largest absolute Gasteiger partial charge is 0.481 e. The summed E-state index contributed by atoms with van der Waals surface area (Å²) in [4.78, 5) is 18.0. The molecule has 1 aromatic carbocycles. The second kappa shape index (κ2) is 5.46. The molecule has 0 fully saturated rings. The van der Waals surface area contributed by atoms with Crippen LogP contribution in [-0.4, -0.2) is 38.6 Å². The second-order valence-corrected chi connectivity index (χ2v) is 5.07. The zero-order valence-electron chi connectivity index (χ0n) is 11.1. The van der Waals surface area contributed by atoms with Crippen molar-refractivity contribution < 1.29 is 9.90 Å². The molecule has 0 amide bonds. The molecule has 1 atom stereocenters. The maximum atomic E-state index is 11.5. The van der Waals surface area contributed by atoms with E-state index in [1.807, 2.05) is 36.5 Å². The van der Waals surface area contributed by atoms with Crippen LogP contribution in [0.15, 0.2) is 42.7 Å². The minimum Gasteiger partial charge on any atom is -0.481 e. The maximum Gasteiger partial charge on any atom is 0.312 e. The highest BCUT2D eigenvalue weighted by molar-refractivity contribution is 5.76. The first-order valence-electron chi connectivity index (χ1n) is 6.74. The normalized spacial score (nSPS) is 16.6. The first-order valence-corrected chi connectivity index (χ1v) is 6.74. The van der Waals surface area contributed by atoms with Gasteiger partial charge >= 0.3 is 5.97 Å². The van der Waals surface area contributed by atoms with Gasteiger partial charge in [0.25, 0.3) is 0 Å². The molecular weight excluding hydrogens is 254 g/mol. The predicted molar refractivity (Wildman–Crippen MR) is 74.3 cm³/mol. The molecule has 0 aliphatic carbocycles. The van der Waals surface area contributed by atoms with Gasteiger partial charge in [-0.05, 0) is 5.56 Å². The molecule has 1 aliphatic rings. The number of carboxylic acids is 1. The van der Waals surface area contributed by atoms with Crippen molar-refractivity contribution in [3.8, 4) is 0 Å². The SMILES string of the molecule is O=C(O)C(CN1CCn2ccnc2C1)c1ccccc1. The van der Waals surface area contributed by atoms with E-state index in [4.69, 9.17) is 0 Å². The fourth-order valence-electron chi connectivity index (χ4n) is 2.65. The molecule has 0 saturated carbocycles. The number of hydrogen-bond acceptors (Lipinski definition) is 3. The average molecular weight is 271 g/mol. The van der Waals surface area contributed by atoms with Gasteiger partial charge in [-0.3, -0.25) is 9.69 Å². The number of aliphatic carboxylic acids is 1. The van der Waals surface area contributed by atoms with E-state index in [0.29, 0.717) is 13.1 Å². The molecule has 1 aliphatic heterocycles. The number of nitrogens with zero attached hydrogens (tertiary/aromatic N) is 3. The van der Waals surface area contributed by atoms with E-state index in [9.17, 15) is 9.90 Å². The fourth-order valence-corrected chi connectivity index (χ4v) is 2.65. The third kappa shape index (κ3) is 2.58. The van der Waals surface area contributed by atoms with Crippen molar-refractivity contribution in [3.63, 3.8) is 0 Å². The summed E-state index contributed by atoms with van der Waals surface area (Å²) < 4.78 is 2.12. The van der Waals surface area contributed by atoms with E-state index in [2.05, 4.69) is 14.5 Å². The van der Waals surface area contributed by atoms with E-state index in [-0.39, 0.29) is 0 Å². The molecule has 20 heavy (non-hydrogen) atoms. The lowest BCUT2D eigenvalue weighted by molar-refractivity contribution is -0.139. The molecule has 5 heteroatoms. The Bertz CT molecular complexity index is 594. The van der Waals surface area contributed by atoms with Gasteiger partial charge in [0, 0.05) is 32.0 Å². The highest BCUT2D eigenvalue weighted by Gasteiger charge is 2.25. The summed E-state index contributed by atoms with van der Waals surface area (Å²) in [5, 5.41) is 9.47. The molecule has 1 unspecified atom stereocenters. The summed E-state index contributed by atoms with van der Waals surface area (Å²) in [5.74, 6) is -0.253.